The highest BCUT2D eigenvalue weighted by Crippen LogP contribution is 2.51. The standard InChI is InChI=1S/C51H40N2/c1-51(2)47-20-9-6-17-43(47)46-34-42(31-32-48(46)51)52(41-16-12-15-38(33-41)35-13-4-3-5-14-35)39-27-23-36(24-28-39)37-25-29-40(30-26-37)53-49-21-10-7-18-44(49)45-19-8-11-22-50(45)53/h3-34,44,49H,1-2H3. The summed E-state index contributed by atoms with van der Waals surface area (Å²) in [6, 6.07) is 62.8. The molecule has 0 radical (unpaired) electrons. The lowest BCUT2D eigenvalue weighted by Gasteiger charge is -2.29. The van der Waals surface area contributed by atoms with Gasteiger partial charge in [0.25, 0.3) is 0 Å². The summed E-state index contributed by atoms with van der Waals surface area (Å²) in [6.45, 7) is 4.68. The van der Waals surface area contributed by atoms with Gasteiger partial charge in [0, 0.05) is 39.8 Å². The molecule has 254 valence electrons. The topological polar surface area (TPSA) is 6.48 Å². The Morgan fingerprint density at radius 3 is 1.92 bits per heavy atom. The van der Waals surface area contributed by atoms with Crippen LogP contribution in [0.2, 0.25) is 0 Å². The summed E-state index contributed by atoms with van der Waals surface area (Å²) in [5.41, 5.74) is 17.5. The van der Waals surface area contributed by atoms with Crippen LogP contribution in [0.3, 0.4) is 0 Å². The van der Waals surface area contributed by atoms with Crippen molar-refractivity contribution in [3.63, 3.8) is 0 Å². The van der Waals surface area contributed by atoms with E-state index in [4.69, 9.17) is 0 Å². The third kappa shape index (κ3) is 5.17. The fraction of sp³-hybridized carbons (Fsp3) is 0.0980. The molecular weight excluding hydrogens is 641 g/mol. The van der Waals surface area contributed by atoms with Crippen LogP contribution in [-0.2, 0) is 5.41 Å². The zero-order valence-corrected chi connectivity index (χ0v) is 30.0. The largest absolute Gasteiger partial charge is 0.333 e. The van der Waals surface area contributed by atoms with Crippen molar-refractivity contribution in [2.24, 2.45) is 0 Å². The first-order valence-electron chi connectivity index (χ1n) is 18.7. The molecule has 2 aliphatic carbocycles. The van der Waals surface area contributed by atoms with Gasteiger partial charge in [-0.05, 0) is 105 Å². The van der Waals surface area contributed by atoms with Gasteiger partial charge >= 0.3 is 0 Å². The molecule has 10 rings (SSSR count). The van der Waals surface area contributed by atoms with Gasteiger partial charge in [0.1, 0.15) is 0 Å². The minimum atomic E-state index is -0.0380. The van der Waals surface area contributed by atoms with Crippen LogP contribution in [0.5, 0.6) is 0 Å². The first-order chi connectivity index (χ1) is 26.0. The second kappa shape index (κ2) is 12.4. The van der Waals surface area contributed by atoms with E-state index in [0.717, 1.165) is 17.1 Å². The zero-order chi connectivity index (χ0) is 35.5. The van der Waals surface area contributed by atoms with Crippen molar-refractivity contribution in [2.45, 2.75) is 31.2 Å². The van der Waals surface area contributed by atoms with E-state index < -0.39 is 0 Å². The van der Waals surface area contributed by atoms with E-state index in [1.165, 1.54) is 61.4 Å². The number of hydrogen-bond donors (Lipinski definition) is 0. The SMILES string of the molecule is CC1(C)c2ccccc2-c2cc(N(c3ccc(-c4ccc(N5c6ccccc6C6C=CC=CC65)cc4)cc3)c3cccc(-c4ccccc4)c3)ccc21. The van der Waals surface area contributed by atoms with Gasteiger partial charge in [-0.25, -0.2) is 0 Å². The zero-order valence-electron chi connectivity index (χ0n) is 30.0. The van der Waals surface area contributed by atoms with Crippen molar-refractivity contribution in [2.75, 3.05) is 9.80 Å². The predicted octanol–water partition coefficient (Wildman–Crippen LogP) is 13.5. The van der Waals surface area contributed by atoms with E-state index in [0.29, 0.717) is 12.0 Å². The normalized spacial score (nSPS) is 17.2. The van der Waals surface area contributed by atoms with Gasteiger partial charge in [0.2, 0.25) is 0 Å². The van der Waals surface area contributed by atoms with E-state index in [-0.39, 0.29) is 5.41 Å². The van der Waals surface area contributed by atoms with Crippen molar-refractivity contribution < 1.29 is 0 Å². The number of hydrogen-bond acceptors (Lipinski definition) is 2. The van der Waals surface area contributed by atoms with Crippen molar-refractivity contribution in [1.82, 2.24) is 0 Å². The lowest BCUT2D eigenvalue weighted by Crippen LogP contribution is -2.28. The van der Waals surface area contributed by atoms with Crippen molar-refractivity contribution in [3.8, 4) is 33.4 Å². The maximum Gasteiger partial charge on any atom is 0.0629 e. The van der Waals surface area contributed by atoms with Crippen LogP contribution in [0.4, 0.5) is 28.4 Å². The number of rotatable bonds is 6. The van der Waals surface area contributed by atoms with Gasteiger partial charge in [-0.15, -0.1) is 0 Å². The minimum Gasteiger partial charge on any atom is -0.333 e. The average Bonchev–Trinajstić information content (AvgIpc) is 3.67. The summed E-state index contributed by atoms with van der Waals surface area (Å²) in [4.78, 5) is 4.89. The quantitative estimate of drug-likeness (QED) is 0.172. The first kappa shape index (κ1) is 31.4. The highest BCUT2D eigenvalue weighted by Gasteiger charge is 2.37. The molecule has 0 amide bonds. The molecule has 2 atom stereocenters. The van der Waals surface area contributed by atoms with E-state index in [1.807, 2.05) is 0 Å². The minimum absolute atomic E-state index is 0.0380. The molecule has 7 aromatic carbocycles. The molecule has 0 saturated heterocycles. The first-order valence-corrected chi connectivity index (χ1v) is 18.7. The molecule has 0 aromatic heterocycles. The van der Waals surface area contributed by atoms with Crippen LogP contribution in [0.25, 0.3) is 33.4 Å². The van der Waals surface area contributed by atoms with E-state index >= 15 is 0 Å². The van der Waals surface area contributed by atoms with Gasteiger partial charge in [0.05, 0.1) is 6.04 Å². The second-order valence-corrected chi connectivity index (χ2v) is 15.0. The Balaban J connectivity index is 1.02. The molecule has 3 aliphatic rings. The molecule has 1 heterocycles. The third-order valence-electron chi connectivity index (χ3n) is 11.6. The van der Waals surface area contributed by atoms with Gasteiger partial charge < -0.3 is 9.80 Å². The van der Waals surface area contributed by atoms with Crippen LogP contribution < -0.4 is 9.80 Å². The van der Waals surface area contributed by atoms with Crippen molar-refractivity contribution >= 4 is 28.4 Å². The summed E-state index contributed by atoms with van der Waals surface area (Å²) < 4.78 is 0. The Labute approximate surface area is 312 Å². The predicted molar refractivity (Wildman–Crippen MR) is 223 cm³/mol. The number of fused-ring (bicyclic) bond motifs is 6. The molecular formula is C51H40N2. The summed E-state index contributed by atoms with van der Waals surface area (Å²) >= 11 is 0. The van der Waals surface area contributed by atoms with E-state index in [2.05, 4.69) is 218 Å². The lowest BCUT2D eigenvalue weighted by atomic mass is 9.82. The second-order valence-electron chi connectivity index (χ2n) is 15.0. The van der Waals surface area contributed by atoms with E-state index in [9.17, 15) is 0 Å². The van der Waals surface area contributed by atoms with Gasteiger partial charge in [-0.1, -0.05) is 153 Å². The number of para-hydroxylation sites is 1. The van der Waals surface area contributed by atoms with Crippen LogP contribution in [0.1, 0.15) is 36.5 Å². The van der Waals surface area contributed by atoms with Crippen LogP contribution in [0, 0.1) is 0 Å². The molecule has 0 spiro atoms. The number of benzene rings is 7. The van der Waals surface area contributed by atoms with Crippen molar-refractivity contribution in [1.29, 1.82) is 0 Å². The molecule has 0 fully saturated rings. The molecule has 53 heavy (non-hydrogen) atoms. The summed E-state index contributed by atoms with van der Waals surface area (Å²) in [5.74, 6) is 0.381. The smallest absolute Gasteiger partial charge is 0.0629 e. The van der Waals surface area contributed by atoms with Gasteiger partial charge in [-0.3, -0.25) is 0 Å². The highest BCUT2D eigenvalue weighted by atomic mass is 15.2. The summed E-state index contributed by atoms with van der Waals surface area (Å²) in [7, 11) is 0. The summed E-state index contributed by atoms with van der Waals surface area (Å²) in [5, 5.41) is 0. The number of nitrogens with zero attached hydrogens (tertiary/aromatic N) is 2. The molecule has 2 nitrogen and oxygen atoms in total. The molecule has 0 N–H and O–H groups in total. The monoisotopic (exact) mass is 680 g/mol. The van der Waals surface area contributed by atoms with Gasteiger partial charge in [0.15, 0.2) is 0 Å². The lowest BCUT2D eigenvalue weighted by molar-refractivity contribution is 0.660. The Morgan fingerprint density at radius 1 is 0.472 bits per heavy atom. The third-order valence-corrected chi connectivity index (χ3v) is 11.6. The molecule has 2 unspecified atom stereocenters. The van der Waals surface area contributed by atoms with Crippen LogP contribution in [0.15, 0.2) is 194 Å². The average molecular weight is 681 g/mol. The molecule has 2 heteroatoms. The van der Waals surface area contributed by atoms with Crippen molar-refractivity contribution in [3.05, 3.63) is 211 Å². The van der Waals surface area contributed by atoms with Crippen LogP contribution in [-0.4, -0.2) is 6.04 Å². The Hall–Kier alpha value is -6.38. The van der Waals surface area contributed by atoms with E-state index in [1.54, 1.807) is 0 Å². The Morgan fingerprint density at radius 2 is 1.09 bits per heavy atom. The molecule has 0 saturated carbocycles. The molecule has 1 aliphatic heterocycles. The molecule has 0 bridgehead atoms. The number of allylic oxidation sites excluding steroid dienone is 2. The molecule has 7 aromatic rings. The summed E-state index contributed by atoms with van der Waals surface area (Å²) in [6.07, 6.45) is 9.03. The Bertz CT molecular complexity index is 2540. The fourth-order valence-corrected chi connectivity index (χ4v) is 8.96. The highest BCUT2D eigenvalue weighted by molar-refractivity contribution is 5.88. The number of anilines is 5. The van der Waals surface area contributed by atoms with Crippen LogP contribution >= 0.6 is 0 Å². The maximum absolute atomic E-state index is 2.49. The Kier molecular flexibility index (Phi) is 7.33. The van der Waals surface area contributed by atoms with Gasteiger partial charge in [-0.2, -0.15) is 0 Å². The maximum atomic E-state index is 2.49. The fourth-order valence-electron chi connectivity index (χ4n) is 8.96.